The molecule has 0 amide bonds. The summed E-state index contributed by atoms with van der Waals surface area (Å²) >= 11 is 0. The second-order valence-electron chi connectivity index (χ2n) is 3.96. The minimum Gasteiger partial charge on any atom is -0.501 e. The molecule has 0 bridgehead atoms. The molecule has 1 aliphatic rings. The molecule has 1 rings (SSSR count). The van der Waals surface area contributed by atoms with Crippen molar-refractivity contribution < 1.29 is 9.47 Å². The lowest BCUT2D eigenvalue weighted by Crippen LogP contribution is -2.33. The van der Waals surface area contributed by atoms with Crippen LogP contribution in [0.25, 0.3) is 0 Å². The first-order chi connectivity index (χ1) is 7.38. The van der Waals surface area contributed by atoms with Crippen molar-refractivity contribution >= 4 is 0 Å². The van der Waals surface area contributed by atoms with Crippen LogP contribution in [0.5, 0.6) is 0 Å². The van der Waals surface area contributed by atoms with E-state index in [1.165, 1.54) is 5.57 Å². The molecule has 3 heteroatoms. The third kappa shape index (κ3) is 4.67. The molecule has 0 radical (unpaired) electrons. The maximum Gasteiger partial charge on any atom is 0.0876 e. The van der Waals surface area contributed by atoms with Crippen molar-refractivity contribution in [2.45, 2.75) is 38.6 Å². The van der Waals surface area contributed by atoms with Crippen molar-refractivity contribution in [1.82, 2.24) is 5.32 Å². The summed E-state index contributed by atoms with van der Waals surface area (Å²) in [6, 6.07) is 0.435. The van der Waals surface area contributed by atoms with Crippen LogP contribution in [0, 0.1) is 0 Å². The molecule has 1 atom stereocenters. The Kier molecular flexibility index (Phi) is 6.44. The average Bonchev–Trinajstić information content (AvgIpc) is 2.30. The van der Waals surface area contributed by atoms with Gasteiger partial charge in [-0.2, -0.15) is 0 Å². The minimum absolute atomic E-state index is 0.435. The van der Waals surface area contributed by atoms with Gasteiger partial charge in [0.1, 0.15) is 0 Å². The largest absolute Gasteiger partial charge is 0.501 e. The van der Waals surface area contributed by atoms with Gasteiger partial charge in [-0.05, 0) is 37.8 Å². The number of hydrogen-bond donors (Lipinski definition) is 1. The fraction of sp³-hybridized carbons (Fsp3) is 0.833. The van der Waals surface area contributed by atoms with E-state index in [-0.39, 0.29) is 0 Å². The highest BCUT2D eigenvalue weighted by Gasteiger charge is 2.15. The summed E-state index contributed by atoms with van der Waals surface area (Å²) < 4.78 is 10.5. The third-order valence-electron chi connectivity index (χ3n) is 2.66. The number of ether oxygens (including phenoxy) is 2. The van der Waals surface area contributed by atoms with E-state index in [0.717, 1.165) is 45.4 Å². The van der Waals surface area contributed by atoms with Gasteiger partial charge in [0.05, 0.1) is 12.9 Å². The van der Waals surface area contributed by atoms with Crippen LogP contribution >= 0.6 is 0 Å². The molecule has 0 aromatic carbocycles. The first-order valence-corrected chi connectivity index (χ1v) is 5.91. The van der Waals surface area contributed by atoms with Crippen LogP contribution in [-0.2, 0) is 9.47 Å². The monoisotopic (exact) mass is 213 g/mol. The van der Waals surface area contributed by atoms with Gasteiger partial charge in [-0.3, -0.25) is 0 Å². The van der Waals surface area contributed by atoms with E-state index < -0.39 is 0 Å². The zero-order valence-electron chi connectivity index (χ0n) is 9.92. The molecular formula is C12H23NO2. The quantitative estimate of drug-likeness (QED) is 0.702. The highest BCUT2D eigenvalue weighted by Crippen LogP contribution is 2.17. The molecule has 0 saturated heterocycles. The van der Waals surface area contributed by atoms with E-state index in [0.29, 0.717) is 6.04 Å². The Labute approximate surface area is 92.8 Å². The Balaban J connectivity index is 2.41. The van der Waals surface area contributed by atoms with Crippen molar-refractivity contribution in [2.24, 2.45) is 0 Å². The second-order valence-corrected chi connectivity index (χ2v) is 3.96. The third-order valence-corrected chi connectivity index (χ3v) is 2.66. The van der Waals surface area contributed by atoms with Crippen molar-refractivity contribution in [3.05, 3.63) is 11.8 Å². The second kappa shape index (κ2) is 7.71. The lowest BCUT2D eigenvalue weighted by molar-refractivity contribution is 0.180. The van der Waals surface area contributed by atoms with Gasteiger partial charge in [0, 0.05) is 19.8 Å². The molecule has 1 heterocycles. The Morgan fingerprint density at radius 2 is 2.47 bits per heavy atom. The van der Waals surface area contributed by atoms with E-state index in [1.807, 2.05) is 6.26 Å². The summed E-state index contributed by atoms with van der Waals surface area (Å²) in [4.78, 5) is 0. The number of hydrogen-bond acceptors (Lipinski definition) is 3. The van der Waals surface area contributed by atoms with E-state index in [9.17, 15) is 0 Å². The molecule has 0 aromatic heterocycles. The molecule has 1 aliphatic heterocycles. The summed E-state index contributed by atoms with van der Waals surface area (Å²) in [5.41, 5.74) is 1.40. The van der Waals surface area contributed by atoms with E-state index in [1.54, 1.807) is 7.11 Å². The summed E-state index contributed by atoms with van der Waals surface area (Å²) in [7, 11) is 1.75. The van der Waals surface area contributed by atoms with E-state index >= 15 is 0 Å². The maximum atomic E-state index is 5.38. The van der Waals surface area contributed by atoms with Gasteiger partial charge in [-0.15, -0.1) is 0 Å². The standard InChI is InChI=1S/C12H23NO2/c1-3-7-13-12(6-9-14-2)11-5-4-8-15-10-11/h10,12-13H,3-9H2,1-2H3. The van der Waals surface area contributed by atoms with Gasteiger partial charge in [-0.1, -0.05) is 6.92 Å². The van der Waals surface area contributed by atoms with E-state index in [2.05, 4.69) is 12.2 Å². The van der Waals surface area contributed by atoms with Crippen LogP contribution in [0.4, 0.5) is 0 Å². The molecule has 0 spiro atoms. The predicted octanol–water partition coefficient (Wildman–Crippen LogP) is 2.09. The molecule has 15 heavy (non-hydrogen) atoms. The molecule has 0 aromatic rings. The molecule has 0 aliphatic carbocycles. The van der Waals surface area contributed by atoms with Gasteiger partial charge >= 0.3 is 0 Å². The lowest BCUT2D eigenvalue weighted by Gasteiger charge is -2.24. The van der Waals surface area contributed by atoms with Crippen molar-refractivity contribution in [3.63, 3.8) is 0 Å². The normalized spacial score (nSPS) is 18.1. The first-order valence-electron chi connectivity index (χ1n) is 5.91. The van der Waals surface area contributed by atoms with Crippen LogP contribution in [0.15, 0.2) is 11.8 Å². The lowest BCUT2D eigenvalue weighted by atomic mass is 9.99. The van der Waals surface area contributed by atoms with Crippen LogP contribution in [0.2, 0.25) is 0 Å². The summed E-state index contributed by atoms with van der Waals surface area (Å²) in [6.07, 6.45) is 6.43. The van der Waals surface area contributed by atoms with Crippen LogP contribution in [-0.4, -0.2) is 32.9 Å². The Hall–Kier alpha value is -0.540. The van der Waals surface area contributed by atoms with Gasteiger partial charge in [0.15, 0.2) is 0 Å². The summed E-state index contributed by atoms with van der Waals surface area (Å²) in [5.74, 6) is 0. The summed E-state index contributed by atoms with van der Waals surface area (Å²) in [6.45, 7) is 4.92. The number of methoxy groups -OCH3 is 1. The topological polar surface area (TPSA) is 30.5 Å². The fourth-order valence-corrected chi connectivity index (χ4v) is 1.81. The fourth-order valence-electron chi connectivity index (χ4n) is 1.81. The maximum absolute atomic E-state index is 5.38. The Bertz CT molecular complexity index is 184. The first kappa shape index (κ1) is 12.5. The molecule has 0 fully saturated rings. The molecular weight excluding hydrogens is 190 g/mol. The minimum atomic E-state index is 0.435. The smallest absolute Gasteiger partial charge is 0.0876 e. The van der Waals surface area contributed by atoms with E-state index in [4.69, 9.17) is 9.47 Å². The van der Waals surface area contributed by atoms with Crippen molar-refractivity contribution in [3.8, 4) is 0 Å². The predicted molar refractivity (Wildman–Crippen MR) is 61.8 cm³/mol. The van der Waals surface area contributed by atoms with Crippen molar-refractivity contribution in [2.75, 3.05) is 26.9 Å². The van der Waals surface area contributed by atoms with Gasteiger partial charge in [-0.25, -0.2) is 0 Å². The van der Waals surface area contributed by atoms with Gasteiger partial charge in [0.25, 0.3) is 0 Å². The highest BCUT2D eigenvalue weighted by atomic mass is 16.5. The van der Waals surface area contributed by atoms with Crippen LogP contribution in [0.3, 0.4) is 0 Å². The SMILES string of the molecule is CCCNC(CCOC)C1=COCCC1. The summed E-state index contributed by atoms with van der Waals surface area (Å²) in [5, 5.41) is 3.55. The Morgan fingerprint density at radius 3 is 3.07 bits per heavy atom. The van der Waals surface area contributed by atoms with Crippen LogP contribution in [0.1, 0.15) is 32.6 Å². The molecule has 1 N–H and O–H groups in total. The van der Waals surface area contributed by atoms with Crippen molar-refractivity contribution in [1.29, 1.82) is 0 Å². The Morgan fingerprint density at radius 1 is 1.60 bits per heavy atom. The van der Waals surface area contributed by atoms with Crippen LogP contribution < -0.4 is 5.32 Å². The molecule has 3 nitrogen and oxygen atoms in total. The molecule has 0 saturated carbocycles. The molecule has 1 unspecified atom stereocenters. The van der Waals surface area contributed by atoms with Gasteiger partial charge < -0.3 is 14.8 Å². The zero-order chi connectivity index (χ0) is 10.9. The highest BCUT2D eigenvalue weighted by molar-refractivity contribution is 5.09. The molecule has 88 valence electrons. The number of nitrogens with one attached hydrogen (secondary N) is 1. The number of rotatable bonds is 7. The zero-order valence-corrected chi connectivity index (χ0v) is 9.92. The average molecular weight is 213 g/mol. The van der Waals surface area contributed by atoms with Gasteiger partial charge in [0.2, 0.25) is 0 Å².